The molecule has 0 spiro atoms. The Hall–Kier alpha value is -5.61. The summed E-state index contributed by atoms with van der Waals surface area (Å²) in [6.07, 6.45) is 6.13. The Kier molecular flexibility index (Phi) is 7.39. The summed E-state index contributed by atoms with van der Waals surface area (Å²) in [6.45, 7) is 0.824. The summed E-state index contributed by atoms with van der Waals surface area (Å²) in [6, 6.07) is 56.0. The van der Waals surface area contributed by atoms with E-state index in [4.69, 9.17) is 4.98 Å². The maximum absolute atomic E-state index is 5.00. The number of para-hydroxylation sites is 1. The summed E-state index contributed by atoms with van der Waals surface area (Å²) in [5.41, 5.74) is 8.24. The zero-order valence-electron chi connectivity index (χ0n) is 24.7. The van der Waals surface area contributed by atoms with Gasteiger partial charge in [-0.1, -0.05) is 103 Å². The number of hydrogen-bond acceptors (Lipinski definition) is 4. The van der Waals surface area contributed by atoms with Crippen LogP contribution in [0.15, 0.2) is 176 Å². The van der Waals surface area contributed by atoms with Crippen molar-refractivity contribution in [1.29, 1.82) is 0 Å². The molecule has 214 valence electrons. The molecule has 0 radical (unpaired) electrons. The van der Waals surface area contributed by atoms with Crippen LogP contribution in [0, 0.1) is 0 Å². The highest BCUT2D eigenvalue weighted by Crippen LogP contribution is 2.46. The highest BCUT2D eigenvalue weighted by Gasteiger charge is 2.40. The largest absolute Gasteiger partial charge is 0.361 e. The van der Waals surface area contributed by atoms with E-state index in [1.165, 1.54) is 11.1 Å². The number of anilines is 4. The van der Waals surface area contributed by atoms with Crippen LogP contribution in [-0.4, -0.2) is 23.6 Å². The van der Waals surface area contributed by atoms with E-state index < -0.39 is 5.41 Å². The number of pyridine rings is 1. The normalized spacial score (nSPS) is 12.8. The van der Waals surface area contributed by atoms with Gasteiger partial charge in [0.2, 0.25) is 0 Å². The van der Waals surface area contributed by atoms with Gasteiger partial charge in [0.15, 0.2) is 0 Å². The van der Waals surface area contributed by atoms with E-state index in [1.54, 1.807) is 0 Å². The third-order valence-corrected chi connectivity index (χ3v) is 8.31. The van der Waals surface area contributed by atoms with Crippen molar-refractivity contribution in [3.8, 4) is 0 Å². The Bertz CT molecular complexity index is 1760. The van der Waals surface area contributed by atoms with Gasteiger partial charge in [0.25, 0.3) is 0 Å². The fourth-order valence-electron chi connectivity index (χ4n) is 6.31. The van der Waals surface area contributed by atoms with E-state index in [0.717, 1.165) is 40.7 Å². The average molecular weight is 571 g/mol. The lowest BCUT2D eigenvalue weighted by atomic mass is 9.67. The van der Waals surface area contributed by atoms with Crippen LogP contribution in [0.3, 0.4) is 0 Å². The van der Waals surface area contributed by atoms with E-state index in [2.05, 4.69) is 186 Å². The van der Waals surface area contributed by atoms with E-state index in [9.17, 15) is 0 Å². The molecule has 1 aromatic heterocycles. The molecule has 0 atom stereocenters. The quantitative estimate of drug-likeness (QED) is 0.170. The smallest absolute Gasteiger partial charge is 0.0938 e. The molecule has 0 saturated heterocycles. The Morgan fingerprint density at radius 2 is 1.11 bits per heavy atom. The van der Waals surface area contributed by atoms with Crippen molar-refractivity contribution in [1.82, 2.24) is 9.88 Å². The average Bonchev–Trinajstić information content (AvgIpc) is 3.54. The Morgan fingerprint density at radius 3 is 1.73 bits per heavy atom. The lowest BCUT2D eigenvalue weighted by molar-refractivity contribution is 0.496. The van der Waals surface area contributed by atoms with Crippen molar-refractivity contribution >= 4 is 22.7 Å². The fourth-order valence-corrected chi connectivity index (χ4v) is 6.31. The molecule has 1 aliphatic rings. The van der Waals surface area contributed by atoms with Gasteiger partial charge in [-0.25, -0.2) is 0 Å². The van der Waals surface area contributed by atoms with Gasteiger partial charge in [-0.05, 0) is 71.3 Å². The first-order chi connectivity index (χ1) is 21.7. The van der Waals surface area contributed by atoms with Gasteiger partial charge in [0.1, 0.15) is 0 Å². The molecule has 0 bridgehead atoms. The van der Waals surface area contributed by atoms with Crippen LogP contribution < -0.4 is 9.80 Å². The SMILES string of the molecule is CN1C=CN(c2cccc(N(c3ccccc3)c3cccc(C(c4ccccc4)(c4ccccc4)c4ccccn4)c3)c2)C1. The number of aromatic nitrogens is 1. The highest BCUT2D eigenvalue weighted by molar-refractivity contribution is 5.79. The van der Waals surface area contributed by atoms with Crippen LogP contribution in [0.2, 0.25) is 0 Å². The first-order valence-electron chi connectivity index (χ1n) is 15.0. The molecule has 1 aliphatic heterocycles. The predicted molar refractivity (Wildman–Crippen MR) is 181 cm³/mol. The third kappa shape index (κ3) is 5.01. The lowest BCUT2D eigenvalue weighted by Gasteiger charge is -2.36. The van der Waals surface area contributed by atoms with Crippen LogP contribution >= 0.6 is 0 Å². The first kappa shape index (κ1) is 27.2. The summed E-state index contributed by atoms with van der Waals surface area (Å²) in [4.78, 5) is 11.8. The molecule has 0 aliphatic carbocycles. The fraction of sp³-hybridized carbons (Fsp3) is 0.0750. The topological polar surface area (TPSA) is 22.6 Å². The summed E-state index contributed by atoms with van der Waals surface area (Å²) < 4.78 is 0. The molecule has 6 aromatic rings. The lowest BCUT2D eigenvalue weighted by Crippen LogP contribution is -2.32. The molecule has 2 heterocycles. The van der Waals surface area contributed by atoms with Gasteiger partial charge < -0.3 is 14.7 Å². The van der Waals surface area contributed by atoms with Gasteiger partial charge in [0.05, 0.1) is 17.8 Å². The van der Waals surface area contributed by atoms with Crippen molar-refractivity contribution < 1.29 is 0 Å². The summed E-state index contributed by atoms with van der Waals surface area (Å²) in [5, 5.41) is 0. The molecule has 4 heteroatoms. The van der Waals surface area contributed by atoms with Crippen LogP contribution in [0.25, 0.3) is 0 Å². The van der Waals surface area contributed by atoms with Gasteiger partial charge in [-0.3, -0.25) is 4.98 Å². The molecule has 7 rings (SSSR count). The maximum Gasteiger partial charge on any atom is 0.0938 e. The Labute approximate surface area is 259 Å². The van der Waals surface area contributed by atoms with Crippen LogP contribution in [-0.2, 0) is 5.41 Å². The van der Waals surface area contributed by atoms with Crippen molar-refractivity contribution in [3.63, 3.8) is 0 Å². The zero-order valence-corrected chi connectivity index (χ0v) is 24.7. The minimum Gasteiger partial charge on any atom is -0.361 e. The highest BCUT2D eigenvalue weighted by atomic mass is 15.3. The second kappa shape index (κ2) is 11.9. The summed E-state index contributed by atoms with van der Waals surface area (Å²) in [5.74, 6) is 0. The molecule has 5 aromatic carbocycles. The number of hydrogen-bond donors (Lipinski definition) is 0. The van der Waals surface area contributed by atoms with E-state index in [0.29, 0.717) is 0 Å². The van der Waals surface area contributed by atoms with E-state index in [-0.39, 0.29) is 0 Å². The summed E-state index contributed by atoms with van der Waals surface area (Å²) >= 11 is 0. The Morgan fingerprint density at radius 1 is 0.545 bits per heavy atom. The molecule has 0 fully saturated rings. The minimum absolute atomic E-state index is 0.630. The minimum atomic E-state index is -0.630. The molecule has 0 N–H and O–H groups in total. The van der Waals surface area contributed by atoms with Gasteiger partial charge in [-0.15, -0.1) is 0 Å². The van der Waals surface area contributed by atoms with Crippen molar-refractivity contribution in [2.24, 2.45) is 0 Å². The van der Waals surface area contributed by atoms with Crippen LogP contribution in [0.5, 0.6) is 0 Å². The van der Waals surface area contributed by atoms with Gasteiger partial charge in [-0.2, -0.15) is 0 Å². The molecular formula is C40H34N4. The predicted octanol–water partition coefficient (Wildman–Crippen LogP) is 9.11. The summed E-state index contributed by atoms with van der Waals surface area (Å²) in [7, 11) is 2.09. The van der Waals surface area contributed by atoms with Crippen molar-refractivity contribution in [2.45, 2.75) is 5.41 Å². The second-order valence-corrected chi connectivity index (χ2v) is 11.1. The number of rotatable bonds is 8. The van der Waals surface area contributed by atoms with Gasteiger partial charge in [0, 0.05) is 48.4 Å². The third-order valence-electron chi connectivity index (χ3n) is 8.31. The number of nitrogens with zero attached hydrogens (tertiary/aromatic N) is 4. The molecule has 44 heavy (non-hydrogen) atoms. The second-order valence-electron chi connectivity index (χ2n) is 11.1. The molecule has 4 nitrogen and oxygen atoms in total. The Balaban J connectivity index is 1.45. The standard InChI is InChI=1S/C40H34N4/c1-42-27-28-43(31-42)36-22-14-24-38(30-36)44(35-20-9-4-10-21-35)37-23-13-19-34(29-37)40(32-15-5-2-6-16-32,33-17-7-3-8-18-33)39-25-11-12-26-41-39/h2-30H,31H2,1H3. The monoisotopic (exact) mass is 570 g/mol. The maximum atomic E-state index is 5.00. The molecule has 0 unspecified atom stereocenters. The van der Waals surface area contributed by atoms with E-state index in [1.807, 2.05) is 12.3 Å². The molecule has 0 amide bonds. The van der Waals surface area contributed by atoms with E-state index >= 15 is 0 Å². The van der Waals surface area contributed by atoms with Crippen molar-refractivity contribution in [2.75, 3.05) is 23.5 Å². The first-order valence-corrected chi connectivity index (χ1v) is 15.0. The zero-order chi connectivity index (χ0) is 29.8. The van der Waals surface area contributed by atoms with Crippen LogP contribution in [0.1, 0.15) is 22.4 Å². The van der Waals surface area contributed by atoms with Crippen LogP contribution in [0.4, 0.5) is 22.7 Å². The van der Waals surface area contributed by atoms with Crippen molar-refractivity contribution in [3.05, 3.63) is 199 Å². The molecule has 0 saturated carbocycles. The number of benzene rings is 5. The van der Waals surface area contributed by atoms with Gasteiger partial charge >= 0.3 is 0 Å². The molecular weight excluding hydrogens is 536 g/mol.